The van der Waals surface area contributed by atoms with Crippen LogP contribution in [0.2, 0.25) is 0 Å². The molecule has 1 fully saturated rings. The standard InChI is InChI=1S/C21H21F3N4OS/c1-13-3-8-17-18(14(13)2)26-20(30-17)28-11-9-27(10-12-28)19(29)25-16-6-4-15(5-7-16)21(22,23)24/h3-8H,9-12H2,1-2H3,(H,25,29). The van der Waals surface area contributed by atoms with E-state index in [-0.39, 0.29) is 6.03 Å². The average molecular weight is 434 g/mol. The van der Waals surface area contributed by atoms with Gasteiger partial charge in [-0.25, -0.2) is 9.78 Å². The number of alkyl halides is 3. The lowest BCUT2D eigenvalue weighted by Gasteiger charge is -2.34. The fraction of sp³-hybridized carbons (Fsp3) is 0.333. The summed E-state index contributed by atoms with van der Waals surface area (Å²) in [4.78, 5) is 21.1. The van der Waals surface area contributed by atoms with Crippen LogP contribution in [0.3, 0.4) is 0 Å². The number of aromatic nitrogens is 1. The van der Waals surface area contributed by atoms with Gasteiger partial charge in [0.25, 0.3) is 0 Å². The van der Waals surface area contributed by atoms with Crippen molar-refractivity contribution in [3.63, 3.8) is 0 Å². The lowest BCUT2D eigenvalue weighted by atomic mass is 10.1. The summed E-state index contributed by atoms with van der Waals surface area (Å²) in [5.41, 5.74) is 3.02. The van der Waals surface area contributed by atoms with Crippen molar-refractivity contribution in [2.24, 2.45) is 0 Å². The molecule has 1 aromatic heterocycles. The molecule has 30 heavy (non-hydrogen) atoms. The zero-order chi connectivity index (χ0) is 21.5. The molecule has 5 nitrogen and oxygen atoms in total. The molecule has 2 heterocycles. The van der Waals surface area contributed by atoms with Crippen molar-refractivity contribution in [3.05, 3.63) is 53.1 Å². The highest BCUT2D eigenvalue weighted by atomic mass is 32.1. The summed E-state index contributed by atoms with van der Waals surface area (Å²) in [6.45, 7) is 6.48. The molecule has 158 valence electrons. The maximum Gasteiger partial charge on any atom is 0.416 e. The molecule has 4 rings (SSSR count). The zero-order valence-corrected chi connectivity index (χ0v) is 17.4. The van der Waals surface area contributed by atoms with Gasteiger partial charge in [-0.1, -0.05) is 17.4 Å². The van der Waals surface area contributed by atoms with Gasteiger partial charge in [-0.2, -0.15) is 13.2 Å². The van der Waals surface area contributed by atoms with Gasteiger partial charge in [-0.05, 0) is 55.3 Å². The number of benzene rings is 2. The van der Waals surface area contributed by atoms with Gasteiger partial charge in [-0.3, -0.25) is 0 Å². The molecule has 1 N–H and O–H groups in total. The van der Waals surface area contributed by atoms with Gasteiger partial charge in [0, 0.05) is 31.9 Å². The molecule has 0 spiro atoms. The van der Waals surface area contributed by atoms with Crippen LogP contribution < -0.4 is 10.2 Å². The molecule has 0 saturated carbocycles. The Hall–Kier alpha value is -2.81. The van der Waals surface area contributed by atoms with Crippen molar-refractivity contribution in [3.8, 4) is 0 Å². The zero-order valence-electron chi connectivity index (χ0n) is 16.6. The van der Waals surface area contributed by atoms with E-state index in [0.717, 1.165) is 27.5 Å². The number of nitrogens with zero attached hydrogens (tertiary/aromatic N) is 3. The number of aryl methyl sites for hydroxylation is 2. The van der Waals surface area contributed by atoms with Gasteiger partial charge in [0.1, 0.15) is 0 Å². The van der Waals surface area contributed by atoms with Gasteiger partial charge in [0.15, 0.2) is 5.13 Å². The molecular weight excluding hydrogens is 413 g/mol. The van der Waals surface area contributed by atoms with E-state index in [9.17, 15) is 18.0 Å². The van der Waals surface area contributed by atoms with Crippen LogP contribution in [-0.2, 0) is 6.18 Å². The molecule has 0 radical (unpaired) electrons. The Morgan fingerprint density at radius 3 is 2.33 bits per heavy atom. The first-order valence-electron chi connectivity index (χ1n) is 9.57. The predicted octanol–water partition coefficient (Wildman–Crippen LogP) is 5.29. The highest BCUT2D eigenvalue weighted by Crippen LogP contribution is 2.32. The van der Waals surface area contributed by atoms with Crippen LogP contribution in [0.1, 0.15) is 16.7 Å². The van der Waals surface area contributed by atoms with E-state index in [0.29, 0.717) is 31.9 Å². The molecule has 0 unspecified atom stereocenters. The summed E-state index contributed by atoms with van der Waals surface area (Å²) >= 11 is 1.65. The smallest absolute Gasteiger partial charge is 0.345 e. The topological polar surface area (TPSA) is 48.5 Å². The third-order valence-corrected chi connectivity index (χ3v) is 6.46. The van der Waals surface area contributed by atoms with Crippen LogP contribution in [0.4, 0.5) is 28.8 Å². The van der Waals surface area contributed by atoms with Crippen molar-refractivity contribution in [1.29, 1.82) is 0 Å². The highest BCUT2D eigenvalue weighted by molar-refractivity contribution is 7.22. The summed E-state index contributed by atoms with van der Waals surface area (Å²) in [7, 11) is 0. The predicted molar refractivity (Wildman–Crippen MR) is 113 cm³/mol. The minimum absolute atomic E-state index is 0.315. The summed E-state index contributed by atoms with van der Waals surface area (Å²) in [6.07, 6.45) is -4.39. The van der Waals surface area contributed by atoms with Crippen molar-refractivity contribution in [2.45, 2.75) is 20.0 Å². The number of thiazole rings is 1. The molecule has 9 heteroatoms. The summed E-state index contributed by atoms with van der Waals surface area (Å²) in [6, 6.07) is 8.33. The van der Waals surface area contributed by atoms with Gasteiger partial charge < -0.3 is 15.1 Å². The monoisotopic (exact) mass is 434 g/mol. The van der Waals surface area contributed by atoms with Crippen LogP contribution in [-0.4, -0.2) is 42.1 Å². The molecule has 1 saturated heterocycles. The Labute approximate surface area is 176 Å². The number of carbonyl (C=O) groups excluding carboxylic acids is 1. The number of rotatable bonds is 2. The van der Waals surface area contributed by atoms with Gasteiger partial charge in [-0.15, -0.1) is 0 Å². The van der Waals surface area contributed by atoms with Crippen molar-refractivity contribution in [1.82, 2.24) is 9.88 Å². The Morgan fingerprint density at radius 1 is 1.03 bits per heavy atom. The van der Waals surface area contributed by atoms with Crippen LogP contribution in [0.15, 0.2) is 36.4 Å². The summed E-state index contributed by atoms with van der Waals surface area (Å²) < 4.78 is 39.1. The average Bonchev–Trinajstić information content (AvgIpc) is 3.16. The number of hydrogen-bond donors (Lipinski definition) is 1. The van der Waals surface area contributed by atoms with Gasteiger partial charge >= 0.3 is 12.2 Å². The fourth-order valence-corrected chi connectivity index (χ4v) is 4.47. The Morgan fingerprint density at radius 2 is 1.70 bits per heavy atom. The third kappa shape index (κ3) is 4.07. The summed E-state index contributed by atoms with van der Waals surface area (Å²) in [5.74, 6) is 0. The van der Waals surface area contributed by atoms with Crippen LogP contribution >= 0.6 is 11.3 Å². The number of fused-ring (bicyclic) bond motifs is 1. The van der Waals surface area contributed by atoms with Crippen molar-refractivity contribution >= 4 is 38.4 Å². The Bertz CT molecular complexity index is 1070. The molecule has 2 aromatic carbocycles. The first-order valence-corrected chi connectivity index (χ1v) is 10.4. The SMILES string of the molecule is Cc1ccc2sc(N3CCN(C(=O)Nc4ccc(C(F)(F)F)cc4)CC3)nc2c1C. The molecular formula is C21H21F3N4OS. The van der Waals surface area contributed by atoms with E-state index in [2.05, 4.69) is 36.2 Å². The lowest BCUT2D eigenvalue weighted by molar-refractivity contribution is -0.137. The highest BCUT2D eigenvalue weighted by Gasteiger charge is 2.30. The normalized spacial score (nSPS) is 15.0. The molecule has 0 bridgehead atoms. The molecule has 3 aromatic rings. The quantitative estimate of drug-likeness (QED) is 0.597. The van der Waals surface area contributed by atoms with Crippen LogP contribution in [0, 0.1) is 13.8 Å². The second-order valence-electron chi connectivity index (χ2n) is 7.33. The van der Waals surface area contributed by atoms with Crippen LogP contribution in [0.5, 0.6) is 0 Å². The number of carbonyl (C=O) groups is 1. The molecule has 2 amide bonds. The number of amides is 2. The number of anilines is 2. The van der Waals surface area contributed by atoms with E-state index in [4.69, 9.17) is 4.98 Å². The number of piperazine rings is 1. The Balaban J connectivity index is 1.37. The Kier molecular flexibility index (Phi) is 5.31. The maximum atomic E-state index is 12.7. The van der Waals surface area contributed by atoms with Crippen molar-refractivity contribution in [2.75, 3.05) is 36.4 Å². The minimum atomic E-state index is -4.39. The molecule has 0 aliphatic carbocycles. The second kappa shape index (κ2) is 7.79. The largest absolute Gasteiger partial charge is 0.416 e. The van der Waals surface area contributed by atoms with Crippen molar-refractivity contribution < 1.29 is 18.0 Å². The number of halogens is 3. The molecule has 1 aliphatic heterocycles. The number of nitrogens with one attached hydrogen (secondary N) is 1. The maximum absolute atomic E-state index is 12.7. The molecule has 0 atom stereocenters. The first-order chi connectivity index (χ1) is 14.2. The number of hydrogen-bond acceptors (Lipinski definition) is 4. The van der Waals surface area contributed by atoms with E-state index >= 15 is 0 Å². The van der Waals surface area contributed by atoms with Gasteiger partial charge in [0.2, 0.25) is 0 Å². The molecule has 1 aliphatic rings. The van der Waals surface area contributed by atoms with Crippen LogP contribution in [0.25, 0.3) is 10.2 Å². The third-order valence-electron chi connectivity index (χ3n) is 5.37. The van der Waals surface area contributed by atoms with E-state index in [1.807, 2.05) is 0 Å². The van der Waals surface area contributed by atoms with Gasteiger partial charge in [0.05, 0.1) is 15.8 Å². The first kappa shape index (κ1) is 20.5. The van der Waals surface area contributed by atoms with E-state index in [1.165, 1.54) is 23.3 Å². The second-order valence-corrected chi connectivity index (χ2v) is 8.34. The summed E-state index contributed by atoms with van der Waals surface area (Å²) in [5, 5.41) is 3.61. The van der Waals surface area contributed by atoms with E-state index in [1.54, 1.807) is 16.2 Å². The lowest BCUT2D eigenvalue weighted by Crippen LogP contribution is -2.50. The number of urea groups is 1. The fourth-order valence-electron chi connectivity index (χ4n) is 3.40. The minimum Gasteiger partial charge on any atom is -0.345 e. The van der Waals surface area contributed by atoms with E-state index < -0.39 is 11.7 Å².